The van der Waals surface area contributed by atoms with Gasteiger partial charge in [-0.05, 0) is 96.2 Å². The van der Waals surface area contributed by atoms with E-state index < -0.39 is 0 Å². The monoisotopic (exact) mass is 813 g/mol. The Morgan fingerprint density at radius 2 is 0.517 bits per heavy atom. The zero-order chi connectivity index (χ0) is 42.3. The first-order valence-electron chi connectivity index (χ1n) is 25.5. The molecule has 0 radical (unpaired) electrons. The van der Waals surface area contributed by atoms with E-state index in [0.717, 1.165) is 11.4 Å². The Kier molecular flexibility index (Phi) is 25.7. The maximum Gasteiger partial charge on any atom is 0.0314 e. The lowest BCUT2D eigenvalue weighted by atomic mass is 9.86. The van der Waals surface area contributed by atoms with E-state index in [9.17, 15) is 0 Å². The Bertz CT molecular complexity index is 1460. The minimum atomic E-state index is 0.461. The summed E-state index contributed by atoms with van der Waals surface area (Å²) in [7, 11) is 0. The van der Waals surface area contributed by atoms with Crippen LogP contribution in [0.3, 0.4) is 0 Å². The van der Waals surface area contributed by atoms with E-state index in [-0.39, 0.29) is 0 Å². The Morgan fingerprint density at radius 3 is 0.800 bits per heavy atom. The van der Waals surface area contributed by atoms with E-state index in [0.29, 0.717) is 11.8 Å². The molecule has 0 fully saturated rings. The number of nitrogen functional groups attached to an aromatic ring is 2. The van der Waals surface area contributed by atoms with E-state index in [1.807, 2.05) is 0 Å². The molecule has 0 saturated carbocycles. The van der Waals surface area contributed by atoms with Crippen molar-refractivity contribution in [1.29, 1.82) is 0 Å². The molecule has 330 valence electrons. The molecule has 0 spiro atoms. The highest BCUT2D eigenvalue weighted by Gasteiger charge is 2.16. The Balaban J connectivity index is 1.08. The van der Waals surface area contributed by atoms with Gasteiger partial charge in [0.2, 0.25) is 0 Å². The van der Waals surface area contributed by atoms with Crippen LogP contribution < -0.4 is 11.5 Å². The molecule has 2 unspecified atom stereocenters. The second kappa shape index (κ2) is 31.3. The number of hydrogen-bond donors (Lipinski definition) is 2. The van der Waals surface area contributed by atoms with Crippen molar-refractivity contribution in [3.63, 3.8) is 0 Å². The van der Waals surface area contributed by atoms with Crippen LogP contribution in [-0.2, 0) is 12.8 Å². The normalized spacial score (nSPS) is 12.5. The van der Waals surface area contributed by atoms with Gasteiger partial charge in [-0.1, -0.05) is 241 Å². The first kappa shape index (κ1) is 49.1. The largest absolute Gasteiger partial charge is 0.399 e. The van der Waals surface area contributed by atoms with Crippen LogP contribution in [0, 0.1) is 0 Å². The second-order valence-electron chi connectivity index (χ2n) is 18.5. The van der Waals surface area contributed by atoms with E-state index in [1.54, 1.807) is 0 Å². The predicted molar refractivity (Wildman–Crippen MR) is 266 cm³/mol. The molecule has 0 aliphatic rings. The van der Waals surface area contributed by atoms with Crippen LogP contribution in [0.2, 0.25) is 0 Å². The van der Waals surface area contributed by atoms with Gasteiger partial charge in [-0.25, -0.2) is 0 Å². The average Bonchev–Trinajstić information content (AvgIpc) is 3.27. The number of nitrogens with two attached hydrogens (primary N) is 2. The molecular formula is C58H88N2. The van der Waals surface area contributed by atoms with Crippen molar-refractivity contribution in [3.05, 3.63) is 130 Å². The fourth-order valence-corrected chi connectivity index (χ4v) is 9.38. The molecule has 0 bridgehead atoms. The van der Waals surface area contributed by atoms with Gasteiger partial charge in [0, 0.05) is 23.2 Å². The Labute approximate surface area is 370 Å². The van der Waals surface area contributed by atoms with Gasteiger partial charge in [-0.3, -0.25) is 0 Å². The summed E-state index contributed by atoms with van der Waals surface area (Å²) in [4.78, 5) is 0. The van der Waals surface area contributed by atoms with Gasteiger partial charge in [0.05, 0.1) is 0 Å². The number of aryl methyl sites for hydroxylation is 2. The lowest BCUT2D eigenvalue weighted by molar-refractivity contribution is 0.545. The summed E-state index contributed by atoms with van der Waals surface area (Å²) >= 11 is 0. The molecule has 4 aromatic rings. The van der Waals surface area contributed by atoms with Crippen molar-refractivity contribution < 1.29 is 0 Å². The molecule has 4 rings (SSSR count). The molecular weight excluding hydrogens is 725 g/mol. The summed E-state index contributed by atoms with van der Waals surface area (Å²) in [5, 5.41) is 0. The zero-order valence-corrected chi connectivity index (χ0v) is 38.8. The standard InChI is InChI=1S/C58H88N2/c1-3-5-7-9-11-13-19-23-27-31-57(53-41-45-55(59)46-42-53)51-37-33-49(34-38-51)29-25-21-17-15-16-18-22-26-30-50-35-39-52(40-36-50)58(54-43-47-56(60)48-44-54)32-28-24-20-14-12-10-8-6-4-2/h33-48,57-58H,3-32,59-60H2,1-2H3. The van der Waals surface area contributed by atoms with Crippen LogP contribution in [0.4, 0.5) is 11.4 Å². The fourth-order valence-electron chi connectivity index (χ4n) is 9.38. The molecule has 60 heavy (non-hydrogen) atoms. The highest BCUT2D eigenvalue weighted by atomic mass is 14.5. The molecule has 0 heterocycles. The summed E-state index contributed by atoms with van der Waals surface area (Å²) in [6.45, 7) is 4.60. The van der Waals surface area contributed by atoms with Gasteiger partial charge in [0.25, 0.3) is 0 Å². The molecule has 0 amide bonds. The van der Waals surface area contributed by atoms with Gasteiger partial charge in [-0.2, -0.15) is 0 Å². The molecule has 0 saturated heterocycles. The first-order valence-corrected chi connectivity index (χ1v) is 25.5. The van der Waals surface area contributed by atoms with Crippen molar-refractivity contribution in [2.24, 2.45) is 0 Å². The van der Waals surface area contributed by atoms with E-state index in [1.165, 1.54) is 226 Å². The third-order valence-corrected chi connectivity index (χ3v) is 13.3. The maximum atomic E-state index is 6.06. The highest BCUT2D eigenvalue weighted by molar-refractivity contribution is 5.44. The third-order valence-electron chi connectivity index (χ3n) is 13.3. The number of anilines is 2. The van der Waals surface area contributed by atoms with Crippen LogP contribution in [0.5, 0.6) is 0 Å². The lowest BCUT2D eigenvalue weighted by Gasteiger charge is -2.19. The molecule has 2 heteroatoms. The van der Waals surface area contributed by atoms with Gasteiger partial charge < -0.3 is 11.5 Å². The summed E-state index contributed by atoms with van der Waals surface area (Å²) in [5.41, 5.74) is 22.5. The van der Waals surface area contributed by atoms with Crippen LogP contribution in [0.15, 0.2) is 97.1 Å². The smallest absolute Gasteiger partial charge is 0.0314 e. The van der Waals surface area contributed by atoms with Gasteiger partial charge >= 0.3 is 0 Å². The average molecular weight is 813 g/mol. The van der Waals surface area contributed by atoms with Crippen LogP contribution >= 0.6 is 0 Å². The summed E-state index contributed by atoms with van der Waals surface area (Å²) in [6, 6.07) is 36.6. The molecule has 2 atom stereocenters. The van der Waals surface area contributed by atoms with Crippen molar-refractivity contribution >= 4 is 11.4 Å². The van der Waals surface area contributed by atoms with E-state index >= 15 is 0 Å². The predicted octanol–water partition coefficient (Wildman–Crippen LogP) is 17.9. The van der Waals surface area contributed by atoms with E-state index in [2.05, 4.69) is 111 Å². The van der Waals surface area contributed by atoms with Crippen molar-refractivity contribution in [1.82, 2.24) is 0 Å². The number of rotatable bonds is 35. The summed E-state index contributed by atoms with van der Waals surface area (Å²) < 4.78 is 0. The van der Waals surface area contributed by atoms with Crippen molar-refractivity contribution in [2.75, 3.05) is 11.5 Å². The quantitative estimate of drug-likeness (QED) is 0.0359. The molecule has 0 aliphatic carbocycles. The summed E-state index contributed by atoms with van der Waals surface area (Å²) in [5.74, 6) is 0.921. The second-order valence-corrected chi connectivity index (χ2v) is 18.5. The van der Waals surface area contributed by atoms with Crippen LogP contribution in [0.1, 0.15) is 239 Å². The minimum absolute atomic E-state index is 0.461. The molecule has 0 aliphatic heterocycles. The number of benzene rings is 4. The maximum absolute atomic E-state index is 6.06. The lowest BCUT2D eigenvalue weighted by Crippen LogP contribution is -2.02. The highest BCUT2D eigenvalue weighted by Crippen LogP contribution is 2.33. The van der Waals surface area contributed by atoms with Gasteiger partial charge in [0.15, 0.2) is 0 Å². The van der Waals surface area contributed by atoms with E-state index in [4.69, 9.17) is 11.5 Å². The van der Waals surface area contributed by atoms with Crippen LogP contribution in [0.25, 0.3) is 0 Å². The molecule has 4 N–H and O–H groups in total. The SMILES string of the molecule is CCCCCCCCCCCC(c1ccc(N)cc1)c1ccc(CCCCCCCCCCc2ccc(C(CCCCCCCCCCC)c3ccc(N)cc3)cc2)cc1. The van der Waals surface area contributed by atoms with Crippen molar-refractivity contribution in [3.8, 4) is 0 Å². The topological polar surface area (TPSA) is 52.0 Å². The van der Waals surface area contributed by atoms with Gasteiger partial charge in [0.1, 0.15) is 0 Å². The molecule has 0 aromatic heterocycles. The Morgan fingerprint density at radius 1 is 0.283 bits per heavy atom. The first-order chi connectivity index (χ1) is 29.6. The summed E-state index contributed by atoms with van der Waals surface area (Å²) in [6.07, 6.45) is 40.4. The van der Waals surface area contributed by atoms with Crippen LogP contribution in [-0.4, -0.2) is 0 Å². The zero-order valence-electron chi connectivity index (χ0n) is 38.8. The fraction of sp³-hybridized carbons (Fsp3) is 0.586. The minimum Gasteiger partial charge on any atom is -0.399 e. The molecule has 4 aromatic carbocycles. The Hall–Kier alpha value is -3.52. The third kappa shape index (κ3) is 20.4. The number of hydrogen-bond acceptors (Lipinski definition) is 2. The van der Waals surface area contributed by atoms with Gasteiger partial charge in [-0.15, -0.1) is 0 Å². The molecule has 2 nitrogen and oxygen atoms in total. The number of unbranched alkanes of at least 4 members (excludes halogenated alkanes) is 23. The van der Waals surface area contributed by atoms with Crippen molar-refractivity contribution in [2.45, 2.75) is 218 Å².